The molecule has 33 heavy (non-hydrogen) atoms. The smallest absolute Gasteiger partial charge is 0.325 e. The minimum atomic E-state index is -1.17. The van der Waals surface area contributed by atoms with Gasteiger partial charge in [-0.05, 0) is 43.2 Å². The summed E-state index contributed by atoms with van der Waals surface area (Å²) in [5.74, 6) is -0.188. The van der Waals surface area contributed by atoms with Gasteiger partial charge in [-0.1, -0.05) is 37.3 Å². The number of amides is 4. The molecule has 1 aliphatic rings. The first-order valence-electron chi connectivity index (χ1n) is 10.5. The van der Waals surface area contributed by atoms with Crippen molar-refractivity contribution in [2.24, 2.45) is 0 Å². The number of hydrogen-bond acceptors (Lipinski definition) is 6. The average molecular weight is 465 g/mol. The Morgan fingerprint density at radius 1 is 1.15 bits per heavy atom. The molecule has 1 saturated heterocycles. The number of anilines is 1. The molecule has 2 aromatic carbocycles. The topological polar surface area (TPSA) is 101 Å². The normalized spacial score (nSPS) is 17.7. The number of methoxy groups -OCH3 is 1. The Bertz CT molecular complexity index is 1190. The molecule has 9 heteroatoms. The number of imide groups is 1. The van der Waals surface area contributed by atoms with Gasteiger partial charge in [-0.2, -0.15) is 0 Å². The van der Waals surface area contributed by atoms with Gasteiger partial charge < -0.3 is 15.4 Å². The fourth-order valence-electron chi connectivity index (χ4n) is 3.90. The van der Waals surface area contributed by atoms with Crippen LogP contribution in [0.25, 0.3) is 11.3 Å². The monoisotopic (exact) mass is 464 g/mol. The van der Waals surface area contributed by atoms with Crippen LogP contribution in [0.2, 0.25) is 0 Å². The molecule has 3 aromatic rings. The minimum absolute atomic E-state index is 0.372. The van der Waals surface area contributed by atoms with Crippen molar-refractivity contribution in [3.63, 3.8) is 0 Å². The van der Waals surface area contributed by atoms with Gasteiger partial charge in [-0.25, -0.2) is 9.78 Å². The van der Waals surface area contributed by atoms with Crippen LogP contribution in [0, 0.1) is 6.92 Å². The quantitative estimate of drug-likeness (QED) is 0.516. The lowest BCUT2D eigenvalue weighted by Gasteiger charge is -2.25. The molecule has 0 spiro atoms. The molecular weight excluding hydrogens is 440 g/mol. The van der Waals surface area contributed by atoms with E-state index in [9.17, 15) is 14.4 Å². The van der Waals surface area contributed by atoms with E-state index >= 15 is 0 Å². The molecule has 170 valence electrons. The zero-order valence-corrected chi connectivity index (χ0v) is 19.4. The van der Waals surface area contributed by atoms with Crippen LogP contribution in [0.3, 0.4) is 0 Å². The Labute approximate surface area is 195 Å². The van der Waals surface area contributed by atoms with Crippen LogP contribution in [0.4, 0.5) is 9.93 Å². The van der Waals surface area contributed by atoms with Crippen molar-refractivity contribution in [2.75, 3.05) is 19.0 Å². The molecule has 0 saturated carbocycles. The van der Waals surface area contributed by atoms with Crippen LogP contribution in [0.15, 0.2) is 54.6 Å². The summed E-state index contributed by atoms with van der Waals surface area (Å²) in [6.45, 7) is 3.35. The van der Waals surface area contributed by atoms with E-state index in [0.29, 0.717) is 17.1 Å². The Morgan fingerprint density at radius 2 is 1.85 bits per heavy atom. The number of rotatable bonds is 7. The number of carbonyl (C=O) groups is 3. The number of aryl methyl sites for hydroxylation is 1. The minimum Gasteiger partial charge on any atom is -0.497 e. The second-order valence-electron chi connectivity index (χ2n) is 7.65. The summed E-state index contributed by atoms with van der Waals surface area (Å²) >= 11 is 1.33. The zero-order valence-electron chi connectivity index (χ0n) is 18.5. The summed E-state index contributed by atoms with van der Waals surface area (Å²) < 4.78 is 5.19. The molecule has 1 atom stereocenters. The second-order valence-corrected chi connectivity index (χ2v) is 8.85. The molecule has 0 bridgehead atoms. The lowest BCUT2D eigenvalue weighted by Crippen LogP contribution is -2.44. The highest BCUT2D eigenvalue weighted by Crippen LogP contribution is 2.33. The first-order chi connectivity index (χ1) is 15.9. The van der Waals surface area contributed by atoms with Gasteiger partial charge in [-0.15, -0.1) is 11.3 Å². The van der Waals surface area contributed by atoms with Crippen molar-refractivity contribution in [3.05, 3.63) is 65.0 Å². The van der Waals surface area contributed by atoms with E-state index in [-0.39, 0.29) is 0 Å². The molecule has 4 amide bonds. The number of thiazole rings is 1. The van der Waals surface area contributed by atoms with E-state index in [4.69, 9.17) is 4.74 Å². The first-order valence-corrected chi connectivity index (χ1v) is 11.3. The second kappa shape index (κ2) is 9.03. The number of hydrogen-bond donors (Lipinski definition) is 2. The summed E-state index contributed by atoms with van der Waals surface area (Å²) in [6, 6.07) is 16.0. The molecule has 1 aromatic heterocycles. The van der Waals surface area contributed by atoms with Crippen molar-refractivity contribution in [2.45, 2.75) is 25.8 Å². The molecule has 4 rings (SSSR count). The Hall–Kier alpha value is -3.72. The maximum Gasteiger partial charge on any atom is 0.325 e. The largest absolute Gasteiger partial charge is 0.497 e. The number of benzene rings is 2. The van der Waals surface area contributed by atoms with E-state index in [1.54, 1.807) is 19.2 Å². The molecule has 0 radical (unpaired) electrons. The van der Waals surface area contributed by atoms with Crippen LogP contribution < -0.4 is 15.4 Å². The van der Waals surface area contributed by atoms with E-state index < -0.39 is 29.9 Å². The van der Waals surface area contributed by atoms with Crippen LogP contribution >= 0.6 is 11.3 Å². The summed E-state index contributed by atoms with van der Waals surface area (Å²) in [4.78, 5) is 44.9. The van der Waals surface area contributed by atoms with E-state index in [2.05, 4.69) is 15.6 Å². The summed E-state index contributed by atoms with van der Waals surface area (Å²) in [5, 5.41) is 5.90. The maximum atomic E-state index is 13.2. The predicted molar refractivity (Wildman–Crippen MR) is 126 cm³/mol. The molecule has 2 N–H and O–H groups in total. The summed E-state index contributed by atoms with van der Waals surface area (Å²) in [7, 11) is 1.60. The zero-order chi connectivity index (χ0) is 23.6. The van der Waals surface area contributed by atoms with Crippen molar-refractivity contribution in [1.29, 1.82) is 0 Å². The van der Waals surface area contributed by atoms with Crippen molar-refractivity contribution >= 4 is 34.3 Å². The van der Waals surface area contributed by atoms with Gasteiger partial charge in [0.25, 0.3) is 5.91 Å². The highest BCUT2D eigenvalue weighted by atomic mass is 32.1. The first kappa shape index (κ1) is 22.5. The third-order valence-corrected chi connectivity index (χ3v) is 6.57. The fraction of sp³-hybridized carbons (Fsp3) is 0.250. The van der Waals surface area contributed by atoms with Crippen molar-refractivity contribution in [1.82, 2.24) is 15.2 Å². The predicted octanol–water partition coefficient (Wildman–Crippen LogP) is 3.92. The van der Waals surface area contributed by atoms with Crippen molar-refractivity contribution < 1.29 is 19.1 Å². The molecule has 1 unspecified atom stereocenters. The van der Waals surface area contributed by atoms with E-state index in [1.807, 2.05) is 56.3 Å². The van der Waals surface area contributed by atoms with Crippen molar-refractivity contribution in [3.8, 4) is 17.0 Å². The van der Waals surface area contributed by atoms with E-state index in [0.717, 1.165) is 26.8 Å². The number of nitrogens with zero attached hydrogens (tertiary/aromatic N) is 2. The Morgan fingerprint density at radius 3 is 2.48 bits per heavy atom. The van der Waals surface area contributed by atoms with Crippen LogP contribution in [0.1, 0.15) is 23.8 Å². The summed E-state index contributed by atoms with van der Waals surface area (Å²) in [6.07, 6.45) is 0.372. The number of ether oxygens (including phenoxy) is 1. The number of urea groups is 1. The van der Waals surface area contributed by atoms with Gasteiger partial charge in [-0.3, -0.25) is 14.5 Å². The molecular formula is C24H24N4O4S. The molecule has 1 fully saturated rings. The van der Waals surface area contributed by atoms with E-state index in [1.165, 1.54) is 11.3 Å². The van der Waals surface area contributed by atoms with Crippen LogP contribution in [-0.4, -0.2) is 41.4 Å². The number of aromatic nitrogens is 1. The average Bonchev–Trinajstić information content (AvgIpc) is 3.31. The summed E-state index contributed by atoms with van der Waals surface area (Å²) in [5.41, 5.74) is 1.17. The standard InChI is InChI=1S/C24H24N4O4S/c1-4-24(17-8-6-5-7-9-17)21(30)28(23(31)27-24)14-19(29)25-22-26-20(15(2)33-22)16-10-12-18(32-3)13-11-16/h5-13H,4,14H2,1-3H3,(H,27,31)(H,25,26,29). The third-order valence-electron chi connectivity index (χ3n) is 5.68. The molecule has 0 aliphatic carbocycles. The molecule has 2 heterocycles. The SMILES string of the molecule is CCC1(c2ccccc2)NC(=O)N(CC(=O)Nc2nc(-c3ccc(OC)cc3)c(C)s2)C1=O. The van der Waals surface area contributed by atoms with Gasteiger partial charge in [0.1, 0.15) is 17.8 Å². The highest BCUT2D eigenvalue weighted by molar-refractivity contribution is 7.16. The third kappa shape index (κ3) is 4.19. The fourth-order valence-corrected chi connectivity index (χ4v) is 4.75. The molecule has 8 nitrogen and oxygen atoms in total. The number of carbonyl (C=O) groups excluding carboxylic acids is 3. The lowest BCUT2D eigenvalue weighted by molar-refractivity contribution is -0.134. The van der Waals surface area contributed by atoms with Gasteiger partial charge >= 0.3 is 6.03 Å². The maximum absolute atomic E-state index is 13.2. The van der Waals surface area contributed by atoms with Gasteiger partial charge in [0, 0.05) is 10.4 Å². The van der Waals surface area contributed by atoms with Crippen LogP contribution in [-0.2, 0) is 15.1 Å². The highest BCUT2D eigenvalue weighted by Gasteiger charge is 2.51. The molecule has 1 aliphatic heterocycles. The van der Waals surface area contributed by atoms with Gasteiger partial charge in [0.15, 0.2) is 5.13 Å². The number of nitrogens with one attached hydrogen (secondary N) is 2. The van der Waals surface area contributed by atoms with Crippen LogP contribution in [0.5, 0.6) is 5.75 Å². The Kier molecular flexibility index (Phi) is 6.15. The lowest BCUT2D eigenvalue weighted by atomic mass is 9.87. The van der Waals surface area contributed by atoms with Gasteiger partial charge in [0.05, 0.1) is 12.8 Å². The van der Waals surface area contributed by atoms with Gasteiger partial charge in [0.2, 0.25) is 5.91 Å². The Balaban J connectivity index is 1.48.